The van der Waals surface area contributed by atoms with E-state index in [1.165, 1.54) is 18.2 Å². The molecule has 0 unspecified atom stereocenters. The molecule has 0 saturated carbocycles. The van der Waals surface area contributed by atoms with Crippen molar-refractivity contribution in [3.63, 3.8) is 0 Å². The molecule has 2 rings (SSSR count). The predicted octanol–water partition coefficient (Wildman–Crippen LogP) is 3.36. The predicted molar refractivity (Wildman–Crippen MR) is 66.8 cm³/mol. The highest BCUT2D eigenvalue weighted by Gasteiger charge is 2.05. The van der Waals surface area contributed by atoms with Gasteiger partial charge in [0, 0.05) is 12.5 Å². The van der Waals surface area contributed by atoms with E-state index in [9.17, 15) is 9.18 Å². The molecule has 0 aromatic heterocycles. The van der Waals surface area contributed by atoms with E-state index in [-0.39, 0.29) is 18.1 Å². The number of esters is 1. The van der Waals surface area contributed by atoms with Gasteiger partial charge in [-0.3, -0.25) is 4.79 Å². The van der Waals surface area contributed by atoms with Gasteiger partial charge in [0.05, 0.1) is 0 Å². The monoisotopic (exact) mass is 244 g/mol. The Morgan fingerprint density at radius 2 is 1.83 bits per heavy atom. The average molecular weight is 244 g/mol. The molecule has 0 aliphatic rings. The lowest BCUT2D eigenvalue weighted by atomic mass is 10.1. The van der Waals surface area contributed by atoms with E-state index < -0.39 is 5.82 Å². The van der Waals surface area contributed by atoms with E-state index in [0.29, 0.717) is 6.42 Å². The van der Waals surface area contributed by atoms with Crippen LogP contribution in [0.2, 0.25) is 0 Å². The summed E-state index contributed by atoms with van der Waals surface area (Å²) < 4.78 is 17.9. The van der Waals surface area contributed by atoms with Gasteiger partial charge in [0.25, 0.3) is 0 Å². The first-order chi connectivity index (χ1) is 8.74. The lowest BCUT2D eigenvalue weighted by Gasteiger charge is -2.04. The van der Waals surface area contributed by atoms with E-state index in [1.54, 1.807) is 6.07 Å². The number of hydrogen-bond acceptors (Lipinski definition) is 2. The van der Waals surface area contributed by atoms with Gasteiger partial charge in [-0.2, -0.15) is 0 Å². The van der Waals surface area contributed by atoms with E-state index >= 15 is 0 Å². The van der Waals surface area contributed by atoms with Crippen LogP contribution in [0.15, 0.2) is 54.6 Å². The molecule has 0 N–H and O–H groups in total. The van der Waals surface area contributed by atoms with Crippen LogP contribution in [0, 0.1) is 5.82 Å². The summed E-state index contributed by atoms with van der Waals surface area (Å²) in [4.78, 5) is 11.6. The number of rotatable bonds is 4. The summed E-state index contributed by atoms with van der Waals surface area (Å²) in [7, 11) is 0. The highest BCUT2D eigenvalue weighted by molar-refractivity contribution is 5.72. The molecule has 0 saturated heterocycles. The maximum atomic E-state index is 12.9. The molecule has 0 aliphatic heterocycles. The molecule has 0 heterocycles. The van der Waals surface area contributed by atoms with E-state index in [2.05, 4.69) is 0 Å². The van der Waals surface area contributed by atoms with Crippen LogP contribution in [0.5, 0.6) is 5.75 Å². The summed E-state index contributed by atoms with van der Waals surface area (Å²) >= 11 is 0. The normalized spacial score (nSPS) is 10.1. The number of halogens is 1. The van der Waals surface area contributed by atoms with Gasteiger partial charge in [0.2, 0.25) is 0 Å². The minimum Gasteiger partial charge on any atom is -0.426 e. The fourth-order valence-corrected chi connectivity index (χ4v) is 1.60. The summed E-state index contributed by atoms with van der Waals surface area (Å²) in [5, 5.41) is 0. The Hall–Kier alpha value is -2.16. The molecule has 2 aromatic carbocycles. The molecular formula is C15H13FO2. The Labute approximate surface area is 105 Å². The zero-order valence-corrected chi connectivity index (χ0v) is 9.80. The van der Waals surface area contributed by atoms with Gasteiger partial charge < -0.3 is 4.74 Å². The molecule has 18 heavy (non-hydrogen) atoms. The van der Waals surface area contributed by atoms with Crippen molar-refractivity contribution in [1.82, 2.24) is 0 Å². The van der Waals surface area contributed by atoms with Crippen molar-refractivity contribution in [2.24, 2.45) is 0 Å². The van der Waals surface area contributed by atoms with Crippen LogP contribution in [0.3, 0.4) is 0 Å². The second kappa shape index (κ2) is 5.96. The van der Waals surface area contributed by atoms with Crippen molar-refractivity contribution < 1.29 is 13.9 Å². The second-order valence-corrected chi connectivity index (χ2v) is 3.92. The Morgan fingerprint density at radius 1 is 1.06 bits per heavy atom. The molecule has 0 spiro atoms. The van der Waals surface area contributed by atoms with Gasteiger partial charge in [0.15, 0.2) is 0 Å². The van der Waals surface area contributed by atoms with Crippen LogP contribution in [0.4, 0.5) is 4.39 Å². The number of hydrogen-bond donors (Lipinski definition) is 0. The van der Waals surface area contributed by atoms with Crippen molar-refractivity contribution in [2.45, 2.75) is 12.8 Å². The van der Waals surface area contributed by atoms with Gasteiger partial charge in [-0.05, 0) is 24.1 Å². The lowest BCUT2D eigenvalue weighted by molar-refractivity contribution is -0.134. The van der Waals surface area contributed by atoms with Crippen molar-refractivity contribution in [1.29, 1.82) is 0 Å². The molecule has 0 amide bonds. The maximum absolute atomic E-state index is 12.9. The van der Waals surface area contributed by atoms with Crippen molar-refractivity contribution >= 4 is 5.97 Å². The molecule has 0 aliphatic carbocycles. The lowest BCUT2D eigenvalue weighted by Crippen LogP contribution is -2.09. The minimum absolute atomic E-state index is 0.244. The highest BCUT2D eigenvalue weighted by atomic mass is 19.1. The number of ether oxygens (including phenoxy) is 1. The fraction of sp³-hybridized carbons (Fsp3) is 0.133. The van der Waals surface area contributed by atoms with Gasteiger partial charge >= 0.3 is 5.97 Å². The summed E-state index contributed by atoms with van der Waals surface area (Å²) in [5.74, 6) is -0.527. The molecular weight excluding hydrogens is 231 g/mol. The van der Waals surface area contributed by atoms with Crippen molar-refractivity contribution in [3.8, 4) is 5.75 Å². The Kier molecular flexibility index (Phi) is 4.07. The molecule has 0 radical (unpaired) electrons. The van der Waals surface area contributed by atoms with E-state index in [4.69, 9.17) is 4.74 Å². The number of benzene rings is 2. The highest BCUT2D eigenvalue weighted by Crippen LogP contribution is 2.13. The van der Waals surface area contributed by atoms with Crippen LogP contribution < -0.4 is 4.74 Å². The number of carbonyl (C=O) groups excluding carboxylic acids is 1. The first-order valence-corrected chi connectivity index (χ1v) is 5.74. The second-order valence-electron chi connectivity index (χ2n) is 3.92. The third-order valence-corrected chi connectivity index (χ3v) is 2.49. The third kappa shape index (κ3) is 3.70. The molecule has 0 atom stereocenters. The molecule has 0 fully saturated rings. The van der Waals surface area contributed by atoms with Crippen molar-refractivity contribution in [2.75, 3.05) is 0 Å². The van der Waals surface area contributed by atoms with E-state index in [1.807, 2.05) is 30.3 Å². The first kappa shape index (κ1) is 12.3. The van der Waals surface area contributed by atoms with E-state index in [0.717, 1.165) is 5.56 Å². The van der Waals surface area contributed by atoms with Gasteiger partial charge in [-0.1, -0.05) is 36.4 Å². The van der Waals surface area contributed by atoms with Crippen molar-refractivity contribution in [3.05, 3.63) is 66.0 Å². The third-order valence-electron chi connectivity index (χ3n) is 2.49. The zero-order valence-electron chi connectivity index (χ0n) is 9.80. The average Bonchev–Trinajstić information content (AvgIpc) is 2.38. The minimum atomic E-state index is -0.414. The standard InChI is InChI=1S/C15H13FO2/c16-13-7-4-8-14(11-13)18-15(17)10-9-12-5-2-1-3-6-12/h1-8,11H,9-10H2. The van der Waals surface area contributed by atoms with Gasteiger partial charge in [-0.15, -0.1) is 0 Å². The van der Waals surface area contributed by atoms with Crippen LogP contribution in [0.25, 0.3) is 0 Å². The molecule has 2 nitrogen and oxygen atoms in total. The quantitative estimate of drug-likeness (QED) is 0.609. The molecule has 0 bridgehead atoms. The van der Waals surface area contributed by atoms with Gasteiger partial charge in [0.1, 0.15) is 11.6 Å². The largest absolute Gasteiger partial charge is 0.426 e. The Bertz CT molecular complexity index is 523. The molecule has 2 aromatic rings. The zero-order chi connectivity index (χ0) is 12.8. The Morgan fingerprint density at radius 3 is 2.56 bits per heavy atom. The summed E-state index contributed by atoms with van der Waals surface area (Å²) in [6.45, 7) is 0. The maximum Gasteiger partial charge on any atom is 0.311 e. The summed E-state index contributed by atoms with van der Waals surface area (Å²) in [6, 6.07) is 15.3. The SMILES string of the molecule is O=C(CCc1ccccc1)Oc1cccc(F)c1. The summed E-state index contributed by atoms with van der Waals surface area (Å²) in [5.41, 5.74) is 1.08. The topological polar surface area (TPSA) is 26.3 Å². The fourth-order valence-electron chi connectivity index (χ4n) is 1.60. The van der Waals surface area contributed by atoms with Crippen LogP contribution >= 0.6 is 0 Å². The molecule has 92 valence electrons. The first-order valence-electron chi connectivity index (χ1n) is 5.74. The smallest absolute Gasteiger partial charge is 0.311 e. The van der Waals surface area contributed by atoms with Gasteiger partial charge in [-0.25, -0.2) is 4.39 Å². The Balaban J connectivity index is 1.86. The van der Waals surface area contributed by atoms with Crippen LogP contribution in [-0.4, -0.2) is 5.97 Å². The van der Waals surface area contributed by atoms with Crippen LogP contribution in [0.1, 0.15) is 12.0 Å². The molecule has 3 heteroatoms. The van der Waals surface area contributed by atoms with Crippen LogP contribution in [-0.2, 0) is 11.2 Å². The number of aryl methyl sites for hydroxylation is 1. The number of carbonyl (C=O) groups is 1. The summed E-state index contributed by atoms with van der Waals surface area (Å²) in [6.07, 6.45) is 0.898.